The molecule has 1 amide bonds. The van der Waals surface area contributed by atoms with Crippen molar-refractivity contribution in [1.82, 2.24) is 0 Å². The van der Waals surface area contributed by atoms with Crippen LogP contribution in [0.4, 0.5) is 5.00 Å². The van der Waals surface area contributed by atoms with E-state index in [2.05, 4.69) is 21.2 Å². The van der Waals surface area contributed by atoms with Gasteiger partial charge in [0.2, 0.25) is 0 Å². The summed E-state index contributed by atoms with van der Waals surface area (Å²) in [7, 11) is 1.32. The predicted octanol–water partition coefficient (Wildman–Crippen LogP) is 5.69. The second-order valence-corrected chi connectivity index (χ2v) is 8.62. The van der Waals surface area contributed by atoms with E-state index in [0.717, 1.165) is 26.2 Å². The first-order valence-corrected chi connectivity index (χ1v) is 11.2. The summed E-state index contributed by atoms with van der Waals surface area (Å²) in [5, 5.41) is 3.22. The number of halogens is 1. The van der Waals surface area contributed by atoms with Gasteiger partial charge in [-0.05, 0) is 55.8 Å². The first kappa shape index (κ1) is 22.8. The van der Waals surface area contributed by atoms with Crippen LogP contribution in [-0.2, 0) is 9.53 Å². The summed E-state index contributed by atoms with van der Waals surface area (Å²) in [5.41, 5.74) is 1.94. The smallest absolute Gasteiger partial charge is 0.341 e. The zero-order valence-electron chi connectivity index (χ0n) is 17.4. The van der Waals surface area contributed by atoms with Gasteiger partial charge < -0.3 is 19.5 Å². The van der Waals surface area contributed by atoms with Gasteiger partial charge in [0.05, 0.1) is 13.7 Å². The zero-order valence-corrected chi connectivity index (χ0v) is 19.8. The lowest BCUT2D eigenvalue weighted by atomic mass is 10.0. The molecular weight excluding hydrogens is 482 g/mol. The van der Waals surface area contributed by atoms with Crippen LogP contribution in [0.3, 0.4) is 0 Å². The maximum atomic E-state index is 12.5. The van der Waals surface area contributed by atoms with Crippen LogP contribution >= 0.6 is 27.3 Å². The summed E-state index contributed by atoms with van der Waals surface area (Å²) in [6.07, 6.45) is 0. The molecule has 1 N–H and O–H groups in total. The summed E-state index contributed by atoms with van der Waals surface area (Å²) in [6, 6.07) is 14.6. The van der Waals surface area contributed by atoms with Gasteiger partial charge in [0.1, 0.15) is 22.1 Å². The number of hydrogen-bond donors (Lipinski definition) is 1. The topological polar surface area (TPSA) is 73.9 Å². The number of amides is 1. The molecule has 0 radical (unpaired) electrons. The lowest BCUT2D eigenvalue weighted by molar-refractivity contribution is -0.118. The van der Waals surface area contributed by atoms with Gasteiger partial charge in [-0.3, -0.25) is 4.79 Å². The summed E-state index contributed by atoms with van der Waals surface area (Å²) in [5.74, 6) is 0.397. The van der Waals surface area contributed by atoms with Crippen LogP contribution in [0.5, 0.6) is 11.5 Å². The third kappa shape index (κ3) is 5.65. The molecule has 1 heterocycles. The number of benzene rings is 2. The molecule has 0 saturated carbocycles. The lowest BCUT2D eigenvalue weighted by Gasteiger charge is -2.10. The fourth-order valence-corrected chi connectivity index (χ4v) is 4.35. The Morgan fingerprint density at radius 3 is 2.19 bits per heavy atom. The number of rotatable bonds is 8. The molecule has 6 nitrogen and oxygen atoms in total. The van der Waals surface area contributed by atoms with Crippen molar-refractivity contribution in [3.8, 4) is 22.6 Å². The van der Waals surface area contributed by atoms with Crippen molar-refractivity contribution in [3.63, 3.8) is 0 Å². The van der Waals surface area contributed by atoms with E-state index in [1.165, 1.54) is 18.4 Å². The first-order chi connectivity index (χ1) is 14.9. The van der Waals surface area contributed by atoms with Crippen molar-refractivity contribution >= 4 is 44.1 Å². The van der Waals surface area contributed by atoms with Gasteiger partial charge in [0, 0.05) is 14.9 Å². The number of ether oxygens (including phenoxy) is 3. The quantitative estimate of drug-likeness (QED) is 0.399. The largest absolute Gasteiger partial charge is 0.494 e. The van der Waals surface area contributed by atoms with Crippen LogP contribution in [0.15, 0.2) is 53.0 Å². The summed E-state index contributed by atoms with van der Waals surface area (Å²) < 4.78 is 16.9. The van der Waals surface area contributed by atoms with Crippen molar-refractivity contribution < 1.29 is 23.8 Å². The molecule has 0 aliphatic heterocycles. The highest BCUT2D eigenvalue weighted by molar-refractivity contribution is 9.10. The van der Waals surface area contributed by atoms with Gasteiger partial charge in [-0.1, -0.05) is 28.1 Å². The normalized spacial score (nSPS) is 10.5. The summed E-state index contributed by atoms with van der Waals surface area (Å²) in [6.45, 7) is 4.19. The minimum absolute atomic E-state index is 0.195. The zero-order chi connectivity index (χ0) is 22.4. The van der Waals surface area contributed by atoms with Gasteiger partial charge in [-0.2, -0.15) is 0 Å². The van der Waals surface area contributed by atoms with Crippen LogP contribution in [0.25, 0.3) is 11.1 Å². The molecule has 0 aliphatic carbocycles. The molecule has 0 bridgehead atoms. The molecule has 0 aliphatic rings. The van der Waals surface area contributed by atoms with Crippen LogP contribution < -0.4 is 14.8 Å². The standard InChI is InChI=1S/C23H22BrNO5S/c1-4-29-17-9-11-18(12-10-17)30-13-19(26)25-22-21(23(27)28-3)20(14(2)31-22)15-5-7-16(24)8-6-15/h5-12H,4,13H2,1-3H3,(H,25,26). The van der Waals surface area contributed by atoms with Crippen LogP contribution in [0.1, 0.15) is 22.2 Å². The molecule has 0 spiro atoms. The minimum Gasteiger partial charge on any atom is -0.494 e. The van der Waals surface area contributed by atoms with Crippen molar-refractivity contribution in [2.45, 2.75) is 13.8 Å². The Labute approximate surface area is 193 Å². The van der Waals surface area contributed by atoms with Crippen molar-refractivity contribution in [2.75, 3.05) is 25.6 Å². The Hall–Kier alpha value is -2.84. The highest BCUT2D eigenvalue weighted by Gasteiger charge is 2.25. The molecule has 3 aromatic rings. The number of hydrogen-bond acceptors (Lipinski definition) is 6. The van der Waals surface area contributed by atoms with Crippen molar-refractivity contribution in [2.24, 2.45) is 0 Å². The Kier molecular flexibility index (Phi) is 7.70. The second-order valence-electron chi connectivity index (χ2n) is 6.48. The molecule has 1 aromatic heterocycles. The number of methoxy groups -OCH3 is 1. The molecule has 8 heteroatoms. The second kappa shape index (κ2) is 10.5. The highest BCUT2D eigenvalue weighted by Crippen LogP contribution is 2.40. The van der Waals surface area contributed by atoms with Gasteiger partial charge in [0.25, 0.3) is 5.91 Å². The Bertz CT molecular complexity index is 1060. The van der Waals surface area contributed by atoms with E-state index in [0.29, 0.717) is 22.9 Å². The van der Waals surface area contributed by atoms with E-state index in [9.17, 15) is 9.59 Å². The number of esters is 1. The van der Waals surface area contributed by atoms with Gasteiger partial charge in [-0.15, -0.1) is 11.3 Å². The Morgan fingerprint density at radius 2 is 1.61 bits per heavy atom. The third-order valence-corrected chi connectivity index (χ3v) is 5.91. The molecule has 0 saturated heterocycles. The highest BCUT2D eigenvalue weighted by atomic mass is 79.9. The fourth-order valence-electron chi connectivity index (χ4n) is 3.00. The molecule has 3 rings (SSSR count). The molecule has 31 heavy (non-hydrogen) atoms. The number of carbonyl (C=O) groups excluding carboxylic acids is 2. The molecule has 0 fully saturated rings. The number of aryl methyl sites for hydroxylation is 1. The molecular formula is C23H22BrNO5S. The SMILES string of the molecule is CCOc1ccc(OCC(=O)Nc2sc(C)c(-c3ccc(Br)cc3)c2C(=O)OC)cc1. The van der Waals surface area contributed by atoms with E-state index >= 15 is 0 Å². The van der Waals surface area contributed by atoms with Crippen LogP contribution in [-0.4, -0.2) is 32.2 Å². The van der Waals surface area contributed by atoms with Gasteiger partial charge >= 0.3 is 5.97 Å². The van der Waals surface area contributed by atoms with Crippen molar-refractivity contribution in [3.05, 3.63) is 63.4 Å². The lowest BCUT2D eigenvalue weighted by Crippen LogP contribution is -2.21. The monoisotopic (exact) mass is 503 g/mol. The maximum Gasteiger partial charge on any atom is 0.341 e. The van der Waals surface area contributed by atoms with Crippen LogP contribution in [0.2, 0.25) is 0 Å². The predicted molar refractivity (Wildman–Crippen MR) is 125 cm³/mol. The number of carbonyl (C=O) groups is 2. The van der Waals surface area contributed by atoms with E-state index < -0.39 is 5.97 Å². The number of thiophene rings is 1. The van der Waals surface area contributed by atoms with E-state index in [1.807, 2.05) is 38.1 Å². The number of nitrogens with one attached hydrogen (secondary N) is 1. The Balaban J connectivity index is 1.77. The Morgan fingerprint density at radius 1 is 1.00 bits per heavy atom. The molecule has 2 aromatic carbocycles. The maximum absolute atomic E-state index is 12.5. The third-order valence-electron chi connectivity index (χ3n) is 4.36. The minimum atomic E-state index is -0.509. The first-order valence-electron chi connectivity index (χ1n) is 9.56. The van der Waals surface area contributed by atoms with Gasteiger partial charge in [-0.25, -0.2) is 4.79 Å². The average Bonchev–Trinajstić information content (AvgIpc) is 3.09. The number of anilines is 1. The summed E-state index contributed by atoms with van der Waals surface area (Å²) in [4.78, 5) is 25.9. The molecule has 0 atom stereocenters. The van der Waals surface area contributed by atoms with Crippen molar-refractivity contribution in [1.29, 1.82) is 0 Å². The molecule has 0 unspecified atom stereocenters. The average molecular weight is 504 g/mol. The fraction of sp³-hybridized carbons (Fsp3) is 0.217. The van der Waals surface area contributed by atoms with E-state index in [-0.39, 0.29) is 12.5 Å². The summed E-state index contributed by atoms with van der Waals surface area (Å²) >= 11 is 4.74. The van der Waals surface area contributed by atoms with E-state index in [1.54, 1.807) is 24.3 Å². The molecule has 162 valence electrons. The van der Waals surface area contributed by atoms with E-state index in [4.69, 9.17) is 14.2 Å². The van der Waals surface area contributed by atoms with Gasteiger partial charge in [0.15, 0.2) is 6.61 Å². The van der Waals surface area contributed by atoms with Crippen LogP contribution in [0, 0.1) is 6.92 Å².